The van der Waals surface area contributed by atoms with Crippen LogP contribution in [0.15, 0.2) is 60.2 Å². The van der Waals surface area contributed by atoms with Crippen LogP contribution in [0.4, 0.5) is 0 Å². The van der Waals surface area contributed by atoms with Gasteiger partial charge in [0.15, 0.2) is 0 Å². The van der Waals surface area contributed by atoms with Crippen LogP contribution in [-0.2, 0) is 28.0 Å². The summed E-state index contributed by atoms with van der Waals surface area (Å²) < 4.78 is 0. The van der Waals surface area contributed by atoms with E-state index in [1.165, 1.54) is 40.0 Å². The summed E-state index contributed by atoms with van der Waals surface area (Å²) in [4.78, 5) is 0. The summed E-state index contributed by atoms with van der Waals surface area (Å²) >= 11 is 3.14. The second-order valence-electron chi connectivity index (χ2n) is 6.86. The molecular weight excluding hydrogens is 523 g/mol. The van der Waals surface area contributed by atoms with E-state index >= 15 is 0 Å². The predicted octanol–water partition coefficient (Wildman–Crippen LogP) is 6.61. The van der Waals surface area contributed by atoms with E-state index in [4.69, 9.17) is 0 Å². The van der Waals surface area contributed by atoms with Gasteiger partial charge in [0.1, 0.15) is 0 Å². The van der Waals surface area contributed by atoms with Crippen molar-refractivity contribution in [2.75, 3.05) is 0 Å². The van der Waals surface area contributed by atoms with Crippen molar-refractivity contribution in [3.8, 4) is 11.1 Å². The molecule has 2 aromatic rings. The number of rotatable bonds is 0. The Morgan fingerprint density at radius 2 is 1.54 bits per heavy atom. The van der Waals surface area contributed by atoms with Crippen molar-refractivity contribution in [1.82, 2.24) is 0 Å². The topological polar surface area (TPSA) is 0 Å². The van der Waals surface area contributed by atoms with E-state index < -0.39 is 0 Å². The van der Waals surface area contributed by atoms with Gasteiger partial charge in [0, 0.05) is 0 Å². The minimum atomic E-state index is 0. The molecule has 0 fully saturated rings. The first-order chi connectivity index (χ1) is 11.6. The molecule has 4 heteroatoms. The Balaban J connectivity index is -0.000000378. The molecule has 0 unspecified atom stereocenters. The van der Waals surface area contributed by atoms with Gasteiger partial charge in [-0.15, -0.1) is 36.8 Å². The zero-order chi connectivity index (χ0) is 17.6. The van der Waals surface area contributed by atoms with E-state index in [2.05, 4.69) is 81.5 Å². The van der Waals surface area contributed by atoms with Crippen molar-refractivity contribution in [1.29, 1.82) is 0 Å². The molecule has 0 saturated carbocycles. The molecule has 0 saturated heterocycles. The van der Waals surface area contributed by atoms with Gasteiger partial charge in [-0.3, -0.25) is 6.08 Å². The Bertz CT molecular complexity index is 718. The molecule has 28 heavy (non-hydrogen) atoms. The van der Waals surface area contributed by atoms with Crippen molar-refractivity contribution < 1.29 is 21.6 Å². The Labute approximate surface area is 205 Å². The van der Waals surface area contributed by atoms with Gasteiger partial charge in [-0.25, -0.2) is 6.08 Å². The summed E-state index contributed by atoms with van der Waals surface area (Å²) in [6.07, 6.45) is 9.55. The van der Waals surface area contributed by atoms with Crippen LogP contribution in [0.3, 0.4) is 0 Å². The summed E-state index contributed by atoms with van der Waals surface area (Å²) in [6, 6.07) is 18.1. The van der Waals surface area contributed by atoms with Crippen molar-refractivity contribution in [3.05, 3.63) is 98.3 Å². The Morgan fingerprint density at radius 1 is 0.929 bits per heavy atom. The van der Waals surface area contributed by atoms with Crippen molar-refractivity contribution in [2.24, 2.45) is 5.41 Å². The van der Waals surface area contributed by atoms with Crippen LogP contribution < -0.4 is 0 Å². The van der Waals surface area contributed by atoms with E-state index in [-0.39, 0.29) is 39.7 Å². The average molecular weight is 555 g/mol. The normalized spacial score (nSPS) is 11.7. The summed E-state index contributed by atoms with van der Waals surface area (Å²) in [6.45, 7) is 6.67. The fourth-order valence-electron chi connectivity index (χ4n) is 2.92. The molecule has 0 aromatic heterocycles. The first kappa shape index (κ1) is 32.6. The van der Waals surface area contributed by atoms with E-state index in [0.29, 0.717) is 5.41 Å². The zero-order valence-electron chi connectivity index (χ0n) is 17.6. The fraction of sp³-hybridized carbons (Fsp3) is 0.250. The summed E-state index contributed by atoms with van der Waals surface area (Å²) in [5.74, 6) is 0. The molecule has 0 aliphatic heterocycles. The fourth-order valence-corrected chi connectivity index (χ4v) is 2.92. The molecule has 0 N–H and O–H groups in total. The quantitative estimate of drug-likeness (QED) is 0.217. The molecule has 0 nitrogen and oxygen atoms in total. The van der Waals surface area contributed by atoms with Gasteiger partial charge in [-0.2, -0.15) is 41.5 Å². The third-order valence-electron chi connectivity index (χ3n) is 4.18. The molecule has 0 amide bonds. The Kier molecular flexibility index (Phi) is 18.3. The molecule has 0 spiro atoms. The number of fused-ring (bicyclic) bond motifs is 3. The largest absolute Gasteiger partial charge is 0.179 e. The number of allylic oxidation sites excluding steroid dienone is 4. The smallest absolute Gasteiger partial charge is 0.0253 e. The monoisotopic (exact) mass is 554 g/mol. The van der Waals surface area contributed by atoms with Crippen LogP contribution in [-0.4, -0.2) is 12.1 Å². The maximum absolute atomic E-state index is 3.30. The van der Waals surface area contributed by atoms with Gasteiger partial charge in [-0.05, 0) is 6.42 Å². The van der Waals surface area contributed by atoms with Crippen LogP contribution in [0.2, 0.25) is 0 Å². The second kappa shape index (κ2) is 15.7. The molecule has 0 radical (unpaired) electrons. The third kappa shape index (κ3) is 8.74. The number of hydrogen-bond acceptors (Lipinski definition) is 0. The molecule has 0 bridgehead atoms. The molecule has 4 rings (SSSR count). The summed E-state index contributed by atoms with van der Waals surface area (Å²) in [7, 11) is 0. The molecule has 2 aliphatic rings. The van der Waals surface area contributed by atoms with Crippen LogP contribution in [0.1, 0.15) is 38.3 Å². The molecule has 0 heterocycles. The van der Waals surface area contributed by atoms with Crippen molar-refractivity contribution in [2.45, 2.75) is 33.6 Å². The minimum absolute atomic E-state index is 0. The molecular formula is C24H32Cl2GeZr-4. The standard InChI is InChI=1S/C13H9.C9H13.2CH3.2ClH.GeH2.Zr/c1-3-7-12-10(5-1)9-11-6-2-4-8-13(11)12;1-9(2,3)8-6-4-5-7-8;;;;;;/h1-5,7-8H,9H2;6-7H,4H2,1-3H3;2*1H3;2*1H;1H2;/q4*-1;;;;. The van der Waals surface area contributed by atoms with Gasteiger partial charge < -0.3 is 14.9 Å². The number of hydrogen-bond donors (Lipinski definition) is 0. The van der Waals surface area contributed by atoms with Crippen LogP contribution in [0.25, 0.3) is 11.1 Å². The molecule has 154 valence electrons. The SMILES string of the molecule is CC(C)(C)C1=CC[C-]=C1.Cl.Cl.[CH3-].[CH3-].[GeH2]=[Zr].[c-]1cccc2c1Cc1ccccc1-2. The maximum atomic E-state index is 3.30. The Morgan fingerprint density at radius 3 is 2.07 bits per heavy atom. The van der Waals surface area contributed by atoms with Gasteiger partial charge in [-0.1, -0.05) is 61.6 Å². The van der Waals surface area contributed by atoms with Crippen molar-refractivity contribution in [3.63, 3.8) is 0 Å². The zero-order valence-corrected chi connectivity index (χ0v) is 24.7. The van der Waals surface area contributed by atoms with Gasteiger partial charge in [0.05, 0.1) is 0 Å². The van der Waals surface area contributed by atoms with Crippen molar-refractivity contribution >= 4 is 37.0 Å². The number of halogens is 2. The first-order valence-corrected chi connectivity index (χ1v) is 18.8. The van der Waals surface area contributed by atoms with E-state index in [1.807, 2.05) is 6.07 Å². The number of benzene rings is 2. The van der Waals surface area contributed by atoms with Crippen LogP contribution in [0, 0.1) is 32.4 Å². The van der Waals surface area contributed by atoms with Crippen LogP contribution in [0.5, 0.6) is 0 Å². The second-order valence-corrected chi connectivity index (χ2v) is 6.86. The van der Waals surface area contributed by atoms with Crippen LogP contribution >= 0.6 is 24.8 Å². The molecule has 0 atom stereocenters. The summed E-state index contributed by atoms with van der Waals surface area (Å²) in [5.41, 5.74) is 7.25. The maximum Gasteiger partial charge on any atom is -0.0253 e. The van der Waals surface area contributed by atoms with Gasteiger partial charge in [0.2, 0.25) is 0 Å². The molecule has 2 aromatic carbocycles. The average Bonchev–Trinajstić information content (AvgIpc) is 3.25. The predicted molar refractivity (Wildman–Crippen MR) is 129 cm³/mol. The third-order valence-corrected chi connectivity index (χ3v) is 4.18. The molecule has 2 aliphatic carbocycles. The van der Waals surface area contributed by atoms with E-state index in [9.17, 15) is 0 Å². The van der Waals surface area contributed by atoms with Gasteiger partial charge in [0.25, 0.3) is 0 Å². The minimum Gasteiger partial charge on any atom is -0.179 e. The Hall–Kier alpha value is -0.0740. The van der Waals surface area contributed by atoms with E-state index in [1.54, 1.807) is 21.6 Å². The first-order valence-electron chi connectivity index (χ1n) is 8.26. The van der Waals surface area contributed by atoms with Gasteiger partial charge >= 0.3 is 33.7 Å². The summed E-state index contributed by atoms with van der Waals surface area (Å²) in [5, 5.41) is 0. The van der Waals surface area contributed by atoms with E-state index in [0.717, 1.165) is 12.8 Å².